The Morgan fingerprint density at radius 1 is 1.75 bits per heavy atom. The largest absolute Gasteiger partial charge is 0.355 e. The van der Waals surface area contributed by atoms with E-state index >= 15 is 0 Å². The Balaban J connectivity index is 2.13. The molecule has 0 aromatic rings. The molecule has 68 valence electrons. The molecule has 1 heterocycles. The maximum atomic E-state index is 10.8. The van der Waals surface area contributed by atoms with Gasteiger partial charge in [-0.15, -0.1) is 0 Å². The van der Waals surface area contributed by atoms with Crippen molar-refractivity contribution in [3.05, 3.63) is 11.6 Å². The molecule has 1 atom stereocenters. The average molecular weight is 189 g/mol. The fourth-order valence-electron chi connectivity index (χ4n) is 1.19. The number of halogens is 1. The molecule has 1 amide bonds. The Bertz CT molecular complexity index is 172. The molecule has 1 aliphatic heterocycles. The quantitative estimate of drug-likeness (QED) is 0.682. The fourth-order valence-corrected chi connectivity index (χ4v) is 1.28. The van der Waals surface area contributed by atoms with Crippen LogP contribution in [-0.2, 0) is 4.79 Å². The third-order valence-electron chi connectivity index (χ3n) is 1.88. The standard InChI is InChI=1S/C8H13ClN2O/c9-4-1-5-10-7-2-3-8(12)11-6-7/h1,4,7,10H,2-3,5-6H2,(H,11,12)/b4-1+. The lowest BCUT2D eigenvalue weighted by Gasteiger charge is -2.22. The summed E-state index contributed by atoms with van der Waals surface area (Å²) in [5.74, 6) is 0.154. The lowest BCUT2D eigenvalue weighted by atomic mass is 10.1. The van der Waals surface area contributed by atoms with Crippen LogP contribution in [0.4, 0.5) is 0 Å². The molecule has 2 N–H and O–H groups in total. The van der Waals surface area contributed by atoms with E-state index in [0.717, 1.165) is 19.5 Å². The summed E-state index contributed by atoms with van der Waals surface area (Å²) in [5, 5.41) is 6.06. The van der Waals surface area contributed by atoms with E-state index in [1.165, 1.54) is 5.54 Å². The SMILES string of the molecule is O=C1CCC(NC/C=C/Cl)CN1. The van der Waals surface area contributed by atoms with Crippen molar-refractivity contribution in [2.24, 2.45) is 0 Å². The number of hydrogen-bond acceptors (Lipinski definition) is 2. The van der Waals surface area contributed by atoms with Crippen LogP contribution in [0.25, 0.3) is 0 Å². The molecule has 0 aliphatic carbocycles. The van der Waals surface area contributed by atoms with E-state index in [1.807, 2.05) is 6.08 Å². The molecule has 1 unspecified atom stereocenters. The van der Waals surface area contributed by atoms with E-state index in [9.17, 15) is 4.79 Å². The van der Waals surface area contributed by atoms with Gasteiger partial charge in [-0.1, -0.05) is 17.7 Å². The van der Waals surface area contributed by atoms with Crippen LogP contribution in [0.2, 0.25) is 0 Å². The maximum absolute atomic E-state index is 10.8. The smallest absolute Gasteiger partial charge is 0.220 e. The zero-order valence-corrected chi connectivity index (χ0v) is 7.60. The Morgan fingerprint density at radius 2 is 2.58 bits per heavy atom. The van der Waals surface area contributed by atoms with Gasteiger partial charge < -0.3 is 10.6 Å². The third kappa shape index (κ3) is 3.24. The van der Waals surface area contributed by atoms with E-state index in [2.05, 4.69) is 10.6 Å². The highest BCUT2D eigenvalue weighted by molar-refractivity contribution is 6.25. The van der Waals surface area contributed by atoms with Crippen LogP contribution in [0.3, 0.4) is 0 Å². The van der Waals surface area contributed by atoms with E-state index in [1.54, 1.807) is 0 Å². The summed E-state index contributed by atoms with van der Waals surface area (Å²) < 4.78 is 0. The molecule has 0 saturated carbocycles. The molecule has 0 aromatic heterocycles. The first kappa shape index (κ1) is 9.55. The van der Waals surface area contributed by atoms with Gasteiger partial charge in [-0.25, -0.2) is 0 Å². The summed E-state index contributed by atoms with van der Waals surface area (Å²) in [6, 6.07) is 0.399. The van der Waals surface area contributed by atoms with Gasteiger partial charge in [0.25, 0.3) is 0 Å². The second-order valence-electron chi connectivity index (χ2n) is 2.81. The third-order valence-corrected chi connectivity index (χ3v) is 2.06. The van der Waals surface area contributed by atoms with Crippen LogP contribution in [0.1, 0.15) is 12.8 Å². The Hall–Kier alpha value is -0.540. The van der Waals surface area contributed by atoms with Gasteiger partial charge in [-0.2, -0.15) is 0 Å². The van der Waals surface area contributed by atoms with E-state index < -0.39 is 0 Å². The van der Waals surface area contributed by atoms with Crippen molar-refractivity contribution in [3.63, 3.8) is 0 Å². The predicted octanol–water partition coefficient (Wildman–Crippen LogP) is 0.607. The Morgan fingerprint density at radius 3 is 3.17 bits per heavy atom. The Kier molecular flexibility index (Phi) is 4.11. The van der Waals surface area contributed by atoms with Gasteiger partial charge in [-0.3, -0.25) is 4.79 Å². The fraction of sp³-hybridized carbons (Fsp3) is 0.625. The summed E-state index contributed by atoms with van der Waals surface area (Å²) in [7, 11) is 0. The van der Waals surface area contributed by atoms with Crippen molar-refractivity contribution >= 4 is 17.5 Å². The molecule has 1 fully saturated rings. The number of piperidine rings is 1. The van der Waals surface area contributed by atoms with Crippen LogP contribution in [-0.4, -0.2) is 25.0 Å². The van der Waals surface area contributed by atoms with E-state index in [4.69, 9.17) is 11.6 Å². The predicted molar refractivity (Wildman–Crippen MR) is 49.0 cm³/mol. The zero-order chi connectivity index (χ0) is 8.81. The number of nitrogens with one attached hydrogen (secondary N) is 2. The molecule has 1 saturated heterocycles. The minimum absolute atomic E-state index is 0.154. The molecular weight excluding hydrogens is 176 g/mol. The summed E-state index contributed by atoms with van der Waals surface area (Å²) >= 11 is 5.35. The highest BCUT2D eigenvalue weighted by atomic mass is 35.5. The first-order valence-electron chi connectivity index (χ1n) is 4.08. The van der Waals surface area contributed by atoms with Crippen LogP contribution in [0.5, 0.6) is 0 Å². The second kappa shape index (κ2) is 5.17. The van der Waals surface area contributed by atoms with Crippen molar-refractivity contribution in [3.8, 4) is 0 Å². The van der Waals surface area contributed by atoms with Gasteiger partial charge in [-0.05, 0) is 6.42 Å². The van der Waals surface area contributed by atoms with Gasteiger partial charge >= 0.3 is 0 Å². The molecule has 1 aliphatic rings. The van der Waals surface area contributed by atoms with Crippen LogP contribution in [0, 0.1) is 0 Å². The van der Waals surface area contributed by atoms with Crippen molar-refractivity contribution in [2.75, 3.05) is 13.1 Å². The molecule has 1 rings (SSSR count). The molecule has 4 heteroatoms. The molecule has 0 spiro atoms. The highest BCUT2D eigenvalue weighted by Crippen LogP contribution is 2.01. The summed E-state index contributed by atoms with van der Waals surface area (Å²) in [5.41, 5.74) is 1.49. The van der Waals surface area contributed by atoms with Crippen molar-refractivity contribution < 1.29 is 4.79 Å². The molecule has 3 nitrogen and oxygen atoms in total. The molecule has 0 aromatic carbocycles. The molecular formula is C8H13ClN2O. The van der Waals surface area contributed by atoms with Gasteiger partial charge in [0.15, 0.2) is 0 Å². The summed E-state index contributed by atoms with van der Waals surface area (Å²) in [6.07, 6.45) is 3.39. The van der Waals surface area contributed by atoms with Gasteiger partial charge in [0, 0.05) is 31.1 Å². The highest BCUT2D eigenvalue weighted by Gasteiger charge is 2.15. The number of carbonyl (C=O) groups is 1. The van der Waals surface area contributed by atoms with Crippen molar-refractivity contribution in [1.29, 1.82) is 0 Å². The lowest BCUT2D eigenvalue weighted by molar-refractivity contribution is -0.122. The topological polar surface area (TPSA) is 41.1 Å². The summed E-state index contributed by atoms with van der Waals surface area (Å²) in [4.78, 5) is 10.8. The zero-order valence-electron chi connectivity index (χ0n) is 6.85. The number of rotatable bonds is 3. The normalized spacial score (nSPS) is 24.4. The molecule has 0 radical (unpaired) electrons. The summed E-state index contributed by atoms with van der Waals surface area (Å²) in [6.45, 7) is 1.50. The van der Waals surface area contributed by atoms with Crippen molar-refractivity contribution in [2.45, 2.75) is 18.9 Å². The minimum Gasteiger partial charge on any atom is -0.355 e. The van der Waals surface area contributed by atoms with E-state index in [-0.39, 0.29) is 5.91 Å². The minimum atomic E-state index is 0.154. The van der Waals surface area contributed by atoms with E-state index in [0.29, 0.717) is 12.5 Å². The first-order valence-corrected chi connectivity index (χ1v) is 4.52. The number of amides is 1. The average Bonchev–Trinajstić information content (AvgIpc) is 2.09. The Labute approximate surface area is 77.2 Å². The molecule has 12 heavy (non-hydrogen) atoms. The number of carbonyl (C=O) groups excluding carboxylic acids is 1. The van der Waals surface area contributed by atoms with Crippen LogP contribution >= 0.6 is 11.6 Å². The second-order valence-corrected chi connectivity index (χ2v) is 3.06. The monoisotopic (exact) mass is 188 g/mol. The van der Waals surface area contributed by atoms with Gasteiger partial charge in [0.2, 0.25) is 5.91 Å². The maximum Gasteiger partial charge on any atom is 0.220 e. The van der Waals surface area contributed by atoms with Gasteiger partial charge in [0.05, 0.1) is 0 Å². The van der Waals surface area contributed by atoms with Crippen LogP contribution < -0.4 is 10.6 Å². The number of hydrogen-bond donors (Lipinski definition) is 2. The van der Waals surface area contributed by atoms with Gasteiger partial charge in [0.1, 0.15) is 0 Å². The first-order chi connectivity index (χ1) is 5.83. The van der Waals surface area contributed by atoms with Crippen LogP contribution in [0.15, 0.2) is 11.6 Å². The lowest BCUT2D eigenvalue weighted by Crippen LogP contribution is -2.45. The molecule has 0 bridgehead atoms. The van der Waals surface area contributed by atoms with Crippen molar-refractivity contribution in [1.82, 2.24) is 10.6 Å².